The number of Topliss-reactive ketones (excluding diaryl/α,β-unsaturated/α-hetero) is 1. The van der Waals surface area contributed by atoms with E-state index in [1.807, 2.05) is 0 Å². The minimum Gasteiger partial charge on any atom is -0.323 e. The zero-order valence-electron chi connectivity index (χ0n) is 17.2. The van der Waals surface area contributed by atoms with Crippen LogP contribution < -0.4 is 0 Å². The summed E-state index contributed by atoms with van der Waals surface area (Å²) in [6, 6.07) is 2.29. The molecule has 0 aliphatic carbocycles. The van der Waals surface area contributed by atoms with Gasteiger partial charge in [-0.15, -0.1) is 0 Å². The molecule has 7 nitrogen and oxygen atoms in total. The molecule has 166 valence electrons. The molecular weight excluding hydrogens is 411 g/mol. The summed E-state index contributed by atoms with van der Waals surface area (Å²) < 4.78 is 41.0. The molecule has 0 atom stereocenters. The van der Waals surface area contributed by atoms with Crippen LogP contribution in [0.4, 0.5) is 18.0 Å². The van der Waals surface area contributed by atoms with E-state index in [2.05, 4.69) is 15.0 Å². The highest BCUT2D eigenvalue weighted by molar-refractivity contribution is 5.92. The van der Waals surface area contributed by atoms with Crippen molar-refractivity contribution in [3.8, 4) is 0 Å². The number of carbonyl (C=O) groups excluding carboxylic acids is 2. The lowest BCUT2D eigenvalue weighted by Gasteiger charge is -2.39. The van der Waals surface area contributed by atoms with Gasteiger partial charge in [-0.05, 0) is 48.9 Å². The highest BCUT2D eigenvalue weighted by Gasteiger charge is 2.42. The van der Waals surface area contributed by atoms with Gasteiger partial charge >= 0.3 is 12.2 Å². The predicted molar refractivity (Wildman–Crippen MR) is 105 cm³/mol. The van der Waals surface area contributed by atoms with Crippen molar-refractivity contribution < 1.29 is 22.8 Å². The Morgan fingerprint density at radius 2 is 1.84 bits per heavy atom. The van der Waals surface area contributed by atoms with Gasteiger partial charge in [0.05, 0.1) is 5.56 Å². The number of piperidine rings is 1. The summed E-state index contributed by atoms with van der Waals surface area (Å²) in [6.45, 7) is 4.16. The number of alkyl halides is 3. The van der Waals surface area contributed by atoms with E-state index in [0.717, 1.165) is 31.9 Å². The van der Waals surface area contributed by atoms with Crippen LogP contribution in [0.2, 0.25) is 0 Å². The molecule has 31 heavy (non-hydrogen) atoms. The number of likely N-dealkylation sites (tertiary alicyclic amines) is 2. The maximum atomic E-state index is 13.3. The lowest BCUT2D eigenvalue weighted by Crippen LogP contribution is -2.45. The van der Waals surface area contributed by atoms with Crippen molar-refractivity contribution in [2.75, 3.05) is 26.2 Å². The van der Waals surface area contributed by atoms with Crippen LogP contribution in [-0.4, -0.2) is 62.6 Å². The van der Waals surface area contributed by atoms with Crippen molar-refractivity contribution in [3.63, 3.8) is 0 Å². The Bertz CT molecular complexity index is 979. The summed E-state index contributed by atoms with van der Waals surface area (Å²) in [7, 11) is 0. The van der Waals surface area contributed by atoms with Crippen LogP contribution >= 0.6 is 0 Å². The van der Waals surface area contributed by atoms with Gasteiger partial charge in [0, 0.05) is 51.7 Å². The summed E-state index contributed by atoms with van der Waals surface area (Å²) in [5, 5.41) is 4.03. The Labute approximate surface area is 177 Å². The van der Waals surface area contributed by atoms with Crippen LogP contribution in [0.3, 0.4) is 0 Å². The van der Waals surface area contributed by atoms with Gasteiger partial charge in [0.25, 0.3) is 0 Å². The number of ketones is 1. The molecule has 2 fully saturated rings. The van der Waals surface area contributed by atoms with Crippen LogP contribution in [0, 0.1) is 5.41 Å². The molecule has 4 rings (SSSR count). The minimum absolute atomic E-state index is 0.00600. The summed E-state index contributed by atoms with van der Waals surface area (Å²) >= 11 is 0. The van der Waals surface area contributed by atoms with E-state index in [1.165, 1.54) is 36.3 Å². The molecule has 0 saturated carbocycles. The summed E-state index contributed by atoms with van der Waals surface area (Å²) in [5.74, 6) is -0.197. The van der Waals surface area contributed by atoms with Crippen molar-refractivity contribution in [1.29, 1.82) is 0 Å². The standard InChI is InChI=1S/C21H24F3N5O2/c1-15(30)18-3-8-29(26-18)19(31)28-10-5-20(6-11-28)4-9-27(14-20)13-16-12-25-7-2-17(16)21(22,23)24/h2-3,7-8,12H,4-6,9-11,13-14H2,1H3. The number of pyridine rings is 1. The van der Waals surface area contributed by atoms with Crippen molar-refractivity contribution in [2.45, 2.75) is 38.9 Å². The van der Waals surface area contributed by atoms with Crippen LogP contribution in [-0.2, 0) is 12.7 Å². The van der Waals surface area contributed by atoms with E-state index >= 15 is 0 Å². The third-order valence-corrected chi connectivity index (χ3v) is 6.36. The highest BCUT2D eigenvalue weighted by Crippen LogP contribution is 2.41. The average Bonchev–Trinajstić information content (AvgIpc) is 3.36. The van der Waals surface area contributed by atoms with Gasteiger partial charge in [-0.2, -0.15) is 23.0 Å². The summed E-state index contributed by atoms with van der Waals surface area (Å²) in [6.07, 6.45) is 2.04. The monoisotopic (exact) mass is 435 g/mol. The second-order valence-electron chi connectivity index (χ2n) is 8.46. The third kappa shape index (κ3) is 4.48. The van der Waals surface area contributed by atoms with Gasteiger partial charge < -0.3 is 4.90 Å². The van der Waals surface area contributed by atoms with E-state index in [0.29, 0.717) is 19.6 Å². The van der Waals surface area contributed by atoms with E-state index < -0.39 is 11.7 Å². The number of nitrogens with zero attached hydrogens (tertiary/aromatic N) is 5. The first kappa shape index (κ1) is 21.5. The maximum Gasteiger partial charge on any atom is 0.416 e. The first-order valence-electron chi connectivity index (χ1n) is 10.3. The molecule has 10 heteroatoms. The van der Waals surface area contributed by atoms with Gasteiger partial charge in [0.1, 0.15) is 5.69 Å². The quantitative estimate of drug-likeness (QED) is 0.691. The minimum atomic E-state index is -4.39. The largest absolute Gasteiger partial charge is 0.416 e. The zero-order chi connectivity index (χ0) is 22.2. The predicted octanol–water partition coefficient (Wildman–Crippen LogP) is 3.46. The van der Waals surface area contributed by atoms with Gasteiger partial charge in [-0.1, -0.05) is 0 Å². The normalized spacial score (nSPS) is 19.2. The van der Waals surface area contributed by atoms with Gasteiger partial charge in [0.2, 0.25) is 0 Å². The fourth-order valence-corrected chi connectivity index (χ4v) is 4.58. The number of amides is 1. The van der Waals surface area contributed by atoms with Crippen molar-refractivity contribution in [1.82, 2.24) is 24.6 Å². The molecular formula is C21H24F3N5O2. The number of hydrogen-bond acceptors (Lipinski definition) is 5. The second-order valence-corrected chi connectivity index (χ2v) is 8.46. The molecule has 2 aliphatic heterocycles. The number of rotatable bonds is 3. The number of halogens is 3. The van der Waals surface area contributed by atoms with Gasteiger partial charge in [-0.25, -0.2) is 4.79 Å². The summed E-state index contributed by atoms with van der Waals surface area (Å²) in [4.78, 5) is 31.7. The highest BCUT2D eigenvalue weighted by atomic mass is 19.4. The molecule has 2 aliphatic rings. The molecule has 0 N–H and O–H groups in total. The van der Waals surface area contributed by atoms with E-state index in [4.69, 9.17) is 0 Å². The maximum absolute atomic E-state index is 13.3. The molecule has 4 heterocycles. The van der Waals surface area contributed by atoms with Crippen molar-refractivity contribution in [2.24, 2.45) is 5.41 Å². The Hall–Kier alpha value is -2.75. The van der Waals surface area contributed by atoms with E-state index in [9.17, 15) is 22.8 Å². The number of aromatic nitrogens is 3. The van der Waals surface area contributed by atoms with Crippen molar-refractivity contribution >= 4 is 11.8 Å². The van der Waals surface area contributed by atoms with E-state index in [-0.39, 0.29) is 35.0 Å². The Kier molecular flexibility index (Phi) is 5.59. The molecule has 0 radical (unpaired) electrons. The Balaban J connectivity index is 1.36. The molecule has 1 amide bonds. The van der Waals surface area contributed by atoms with E-state index in [1.54, 1.807) is 4.90 Å². The first-order chi connectivity index (χ1) is 14.7. The SMILES string of the molecule is CC(=O)c1ccn(C(=O)N2CCC3(CCN(Cc4cnccc4C(F)(F)F)C3)CC2)n1. The van der Waals surface area contributed by atoms with Crippen molar-refractivity contribution in [3.05, 3.63) is 47.5 Å². The zero-order valence-corrected chi connectivity index (χ0v) is 17.2. The average molecular weight is 435 g/mol. The molecule has 2 aromatic heterocycles. The second kappa shape index (κ2) is 8.07. The van der Waals surface area contributed by atoms with Gasteiger partial charge in [-0.3, -0.25) is 14.7 Å². The molecule has 2 saturated heterocycles. The molecule has 0 aromatic carbocycles. The topological polar surface area (TPSA) is 71.3 Å². The molecule has 0 bridgehead atoms. The molecule has 0 unspecified atom stereocenters. The van der Waals surface area contributed by atoms with Crippen LogP contribution in [0.25, 0.3) is 0 Å². The Morgan fingerprint density at radius 3 is 2.48 bits per heavy atom. The summed E-state index contributed by atoms with van der Waals surface area (Å²) in [5.41, 5.74) is -0.180. The van der Waals surface area contributed by atoms with Gasteiger partial charge in [0.15, 0.2) is 5.78 Å². The van der Waals surface area contributed by atoms with Crippen LogP contribution in [0.5, 0.6) is 0 Å². The number of carbonyl (C=O) groups is 2. The Morgan fingerprint density at radius 1 is 1.13 bits per heavy atom. The fourth-order valence-electron chi connectivity index (χ4n) is 4.58. The smallest absolute Gasteiger partial charge is 0.323 e. The fraction of sp³-hybridized carbons (Fsp3) is 0.524. The molecule has 1 spiro atoms. The van der Waals surface area contributed by atoms with Crippen LogP contribution in [0.15, 0.2) is 30.7 Å². The third-order valence-electron chi connectivity index (χ3n) is 6.36. The molecule has 2 aromatic rings. The van der Waals surface area contributed by atoms with Crippen LogP contribution in [0.1, 0.15) is 47.8 Å². The first-order valence-corrected chi connectivity index (χ1v) is 10.3. The lowest BCUT2D eigenvalue weighted by atomic mass is 9.78. The number of hydrogen-bond donors (Lipinski definition) is 0. The lowest BCUT2D eigenvalue weighted by molar-refractivity contribution is -0.138.